The third kappa shape index (κ3) is 4.60. The highest BCUT2D eigenvalue weighted by Crippen LogP contribution is 1.98. The maximum absolute atomic E-state index is 11.4. The number of carbonyl (C=O) groups is 2. The lowest BCUT2D eigenvalue weighted by Gasteiger charge is -2.11. The molecule has 0 bridgehead atoms. The zero-order valence-corrected chi connectivity index (χ0v) is 9.17. The number of nitrogens with one attached hydrogen (secondary N) is 1. The molecule has 0 fully saturated rings. The Bertz CT molecular complexity index is 380. The number of amides is 1. The number of rotatable bonds is 6. The molecule has 0 saturated heterocycles. The number of aromatic nitrogens is 1. The van der Waals surface area contributed by atoms with E-state index in [1.165, 1.54) is 0 Å². The van der Waals surface area contributed by atoms with Gasteiger partial charge in [0.15, 0.2) is 0 Å². The maximum Gasteiger partial charge on any atom is 0.328 e. The van der Waals surface area contributed by atoms with E-state index in [-0.39, 0.29) is 6.42 Å². The van der Waals surface area contributed by atoms with Crippen LogP contribution >= 0.6 is 0 Å². The molecule has 0 spiro atoms. The Balaban J connectivity index is 2.37. The molecule has 1 aromatic rings. The van der Waals surface area contributed by atoms with Crippen LogP contribution in [-0.2, 0) is 16.0 Å². The van der Waals surface area contributed by atoms with Crippen LogP contribution < -0.4 is 5.32 Å². The molecule has 1 amide bonds. The first-order valence-corrected chi connectivity index (χ1v) is 5.16. The fourth-order valence-corrected chi connectivity index (χ4v) is 1.24. The molecule has 6 heteroatoms. The third-order valence-corrected chi connectivity index (χ3v) is 2.15. The molecule has 0 radical (unpaired) electrons. The molecule has 0 aliphatic heterocycles. The van der Waals surface area contributed by atoms with Gasteiger partial charge in [-0.1, -0.05) is 6.07 Å². The van der Waals surface area contributed by atoms with Crippen LogP contribution in [0.3, 0.4) is 0 Å². The van der Waals surface area contributed by atoms with E-state index in [0.717, 1.165) is 5.69 Å². The fraction of sp³-hybridized carbons (Fsp3) is 0.364. The standard InChI is InChI=1S/C11H14N2O4/c14-7-9(11(16)17)13-10(15)5-4-8-3-1-2-6-12-8/h1-3,6,9,14H,4-5,7H2,(H,13,15)(H,16,17). The van der Waals surface area contributed by atoms with Crippen molar-refractivity contribution >= 4 is 11.9 Å². The summed E-state index contributed by atoms with van der Waals surface area (Å²) in [6, 6.07) is 4.13. The highest BCUT2D eigenvalue weighted by molar-refractivity contribution is 5.83. The van der Waals surface area contributed by atoms with Crippen LogP contribution in [0.15, 0.2) is 24.4 Å². The Morgan fingerprint density at radius 3 is 2.71 bits per heavy atom. The lowest BCUT2D eigenvalue weighted by atomic mass is 10.2. The van der Waals surface area contributed by atoms with Crippen molar-refractivity contribution in [1.29, 1.82) is 0 Å². The second-order valence-electron chi connectivity index (χ2n) is 3.46. The lowest BCUT2D eigenvalue weighted by Crippen LogP contribution is -2.43. The SMILES string of the molecule is O=C(CCc1ccccn1)NC(CO)C(=O)O. The summed E-state index contributed by atoms with van der Waals surface area (Å²) in [7, 11) is 0. The topological polar surface area (TPSA) is 99.5 Å². The van der Waals surface area contributed by atoms with E-state index in [4.69, 9.17) is 10.2 Å². The maximum atomic E-state index is 11.4. The van der Waals surface area contributed by atoms with E-state index in [2.05, 4.69) is 10.3 Å². The molecule has 0 aliphatic carbocycles. The second kappa shape index (κ2) is 6.59. The van der Waals surface area contributed by atoms with Crippen molar-refractivity contribution in [2.24, 2.45) is 0 Å². The number of aryl methyl sites for hydroxylation is 1. The number of aliphatic hydroxyl groups excluding tert-OH is 1. The molecular weight excluding hydrogens is 224 g/mol. The monoisotopic (exact) mass is 238 g/mol. The summed E-state index contributed by atoms with van der Waals surface area (Å²) in [4.78, 5) is 26.0. The van der Waals surface area contributed by atoms with Crippen LogP contribution in [0.2, 0.25) is 0 Å². The first-order valence-electron chi connectivity index (χ1n) is 5.16. The number of aliphatic hydroxyl groups is 1. The highest BCUT2D eigenvalue weighted by Gasteiger charge is 2.18. The van der Waals surface area contributed by atoms with Gasteiger partial charge in [0, 0.05) is 18.3 Å². The smallest absolute Gasteiger partial charge is 0.328 e. The van der Waals surface area contributed by atoms with Gasteiger partial charge in [0.2, 0.25) is 5.91 Å². The number of hydrogen-bond donors (Lipinski definition) is 3. The molecule has 1 heterocycles. The molecule has 0 aromatic carbocycles. The summed E-state index contributed by atoms with van der Waals surface area (Å²) in [6.45, 7) is -0.620. The van der Waals surface area contributed by atoms with Crippen molar-refractivity contribution in [2.45, 2.75) is 18.9 Å². The number of aliphatic carboxylic acids is 1. The summed E-state index contributed by atoms with van der Waals surface area (Å²) in [5, 5.41) is 19.6. The average molecular weight is 238 g/mol. The Labute approximate surface area is 98.3 Å². The van der Waals surface area contributed by atoms with E-state index in [1.54, 1.807) is 18.3 Å². The summed E-state index contributed by atoms with van der Waals surface area (Å²) >= 11 is 0. The van der Waals surface area contributed by atoms with Crippen LogP contribution in [0.5, 0.6) is 0 Å². The van der Waals surface area contributed by atoms with Gasteiger partial charge in [0.25, 0.3) is 0 Å². The Morgan fingerprint density at radius 2 is 2.18 bits per heavy atom. The first kappa shape index (κ1) is 13.1. The first-order chi connectivity index (χ1) is 8.13. The fourth-order valence-electron chi connectivity index (χ4n) is 1.24. The minimum atomic E-state index is -1.25. The summed E-state index contributed by atoms with van der Waals surface area (Å²) < 4.78 is 0. The van der Waals surface area contributed by atoms with Gasteiger partial charge in [-0.25, -0.2) is 4.79 Å². The average Bonchev–Trinajstić information content (AvgIpc) is 2.34. The second-order valence-corrected chi connectivity index (χ2v) is 3.46. The van der Waals surface area contributed by atoms with E-state index in [0.29, 0.717) is 6.42 Å². The number of carboxylic acid groups (broad SMARTS) is 1. The van der Waals surface area contributed by atoms with Crippen molar-refractivity contribution in [2.75, 3.05) is 6.61 Å². The lowest BCUT2D eigenvalue weighted by molar-refractivity contribution is -0.142. The molecular formula is C11H14N2O4. The Kier molecular flexibility index (Phi) is 5.09. The number of pyridine rings is 1. The number of nitrogens with zero attached hydrogens (tertiary/aromatic N) is 1. The zero-order valence-electron chi connectivity index (χ0n) is 9.17. The molecule has 3 N–H and O–H groups in total. The number of hydrogen-bond acceptors (Lipinski definition) is 4. The molecule has 1 atom stereocenters. The van der Waals surface area contributed by atoms with Crippen LogP contribution in [-0.4, -0.2) is 39.7 Å². The van der Waals surface area contributed by atoms with Gasteiger partial charge >= 0.3 is 5.97 Å². The van der Waals surface area contributed by atoms with Gasteiger partial charge in [-0.2, -0.15) is 0 Å². The van der Waals surface area contributed by atoms with Crippen LogP contribution in [0, 0.1) is 0 Å². The molecule has 17 heavy (non-hydrogen) atoms. The number of carbonyl (C=O) groups excluding carboxylic acids is 1. The van der Waals surface area contributed by atoms with Crippen LogP contribution in [0.4, 0.5) is 0 Å². The quantitative estimate of drug-likeness (QED) is 0.625. The predicted octanol–water partition coefficient (Wildman–Crippen LogP) is -0.424. The summed E-state index contributed by atoms with van der Waals surface area (Å²) in [5.74, 6) is -1.67. The predicted molar refractivity (Wildman–Crippen MR) is 59.2 cm³/mol. The van der Waals surface area contributed by atoms with Crippen LogP contribution in [0.1, 0.15) is 12.1 Å². The third-order valence-electron chi connectivity index (χ3n) is 2.15. The zero-order chi connectivity index (χ0) is 12.7. The normalized spacial score (nSPS) is 11.8. The molecule has 0 saturated carbocycles. The summed E-state index contributed by atoms with van der Waals surface area (Å²) in [6.07, 6.45) is 2.20. The van der Waals surface area contributed by atoms with Gasteiger partial charge in [-0.3, -0.25) is 9.78 Å². The van der Waals surface area contributed by atoms with E-state index in [9.17, 15) is 9.59 Å². The van der Waals surface area contributed by atoms with Crippen molar-refractivity contribution in [3.8, 4) is 0 Å². The molecule has 1 rings (SSSR count). The van der Waals surface area contributed by atoms with Crippen LogP contribution in [0.25, 0.3) is 0 Å². The minimum absolute atomic E-state index is 0.140. The van der Waals surface area contributed by atoms with Gasteiger partial charge in [0.1, 0.15) is 6.04 Å². The molecule has 1 unspecified atom stereocenters. The van der Waals surface area contributed by atoms with Gasteiger partial charge in [0.05, 0.1) is 6.61 Å². The van der Waals surface area contributed by atoms with E-state index < -0.39 is 24.5 Å². The van der Waals surface area contributed by atoms with E-state index in [1.807, 2.05) is 6.07 Å². The van der Waals surface area contributed by atoms with Gasteiger partial charge in [-0.05, 0) is 18.6 Å². The molecule has 1 aromatic heterocycles. The number of carboxylic acids is 1. The van der Waals surface area contributed by atoms with E-state index >= 15 is 0 Å². The van der Waals surface area contributed by atoms with Crippen molar-refractivity contribution in [3.05, 3.63) is 30.1 Å². The Morgan fingerprint density at radius 1 is 1.41 bits per heavy atom. The van der Waals surface area contributed by atoms with Crippen molar-refractivity contribution < 1.29 is 19.8 Å². The van der Waals surface area contributed by atoms with Crippen molar-refractivity contribution in [3.63, 3.8) is 0 Å². The van der Waals surface area contributed by atoms with Gasteiger partial charge in [-0.15, -0.1) is 0 Å². The Hall–Kier alpha value is -1.95. The highest BCUT2D eigenvalue weighted by atomic mass is 16.4. The summed E-state index contributed by atoms with van der Waals surface area (Å²) in [5.41, 5.74) is 0.763. The van der Waals surface area contributed by atoms with Crippen molar-refractivity contribution in [1.82, 2.24) is 10.3 Å². The molecule has 92 valence electrons. The molecule has 0 aliphatic rings. The molecule has 6 nitrogen and oxygen atoms in total. The van der Waals surface area contributed by atoms with Gasteiger partial charge < -0.3 is 15.5 Å². The minimum Gasteiger partial charge on any atom is -0.480 e. The largest absolute Gasteiger partial charge is 0.480 e.